The first-order valence-electron chi connectivity index (χ1n) is 6.52. The number of rotatable bonds is 5. The molecule has 1 heterocycles. The van der Waals surface area contributed by atoms with Crippen molar-refractivity contribution < 1.29 is 4.39 Å². The van der Waals surface area contributed by atoms with Gasteiger partial charge in [0.25, 0.3) is 0 Å². The molecule has 0 aliphatic rings. The van der Waals surface area contributed by atoms with E-state index in [1.807, 2.05) is 19.1 Å². The van der Waals surface area contributed by atoms with Gasteiger partial charge in [0.15, 0.2) is 0 Å². The third-order valence-corrected chi connectivity index (χ3v) is 3.47. The van der Waals surface area contributed by atoms with Gasteiger partial charge in [-0.15, -0.1) is 0 Å². The van der Waals surface area contributed by atoms with Crippen LogP contribution in [0.3, 0.4) is 0 Å². The van der Waals surface area contributed by atoms with Crippen LogP contribution < -0.4 is 10.6 Å². The smallest absolute Gasteiger partial charge is 0.139 e. The van der Waals surface area contributed by atoms with E-state index in [9.17, 15) is 4.39 Å². The number of aryl methyl sites for hydroxylation is 1. The fourth-order valence-electron chi connectivity index (χ4n) is 1.79. The first-order chi connectivity index (χ1) is 9.60. The third kappa shape index (κ3) is 3.70. The van der Waals surface area contributed by atoms with E-state index in [1.165, 1.54) is 6.07 Å². The summed E-state index contributed by atoms with van der Waals surface area (Å²) in [4.78, 5) is 4.24. The summed E-state index contributed by atoms with van der Waals surface area (Å²) in [6.07, 6.45) is 2.77. The van der Waals surface area contributed by atoms with Gasteiger partial charge in [0.05, 0.1) is 4.47 Å². The predicted octanol–water partition coefficient (Wildman–Crippen LogP) is 4.86. The number of nitrogens with zero attached hydrogens (tertiary/aromatic N) is 1. The Morgan fingerprint density at radius 1 is 1.30 bits per heavy atom. The quantitative estimate of drug-likeness (QED) is 0.818. The van der Waals surface area contributed by atoms with E-state index >= 15 is 0 Å². The van der Waals surface area contributed by atoms with Gasteiger partial charge in [-0.3, -0.25) is 0 Å². The van der Waals surface area contributed by atoms with Gasteiger partial charge in [0.1, 0.15) is 11.6 Å². The van der Waals surface area contributed by atoms with Gasteiger partial charge in [0, 0.05) is 30.2 Å². The summed E-state index contributed by atoms with van der Waals surface area (Å²) in [6, 6.07) is 7.01. The summed E-state index contributed by atoms with van der Waals surface area (Å²) in [7, 11) is 0. The number of pyridine rings is 1. The van der Waals surface area contributed by atoms with Gasteiger partial charge < -0.3 is 10.6 Å². The second-order valence-electron chi connectivity index (χ2n) is 4.56. The van der Waals surface area contributed by atoms with Crippen molar-refractivity contribution in [1.82, 2.24) is 4.98 Å². The lowest BCUT2D eigenvalue weighted by molar-refractivity contribution is 0.621. The van der Waals surface area contributed by atoms with Crippen LogP contribution >= 0.6 is 15.9 Å². The highest BCUT2D eigenvalue weighted by Gasteiger charge is 2.06. The molecule has 0 aliphatic heterocycles. The minimum absolute atomic E-state index is 0.281. The second kappa shape index (κ2) is 6.70. The molecule has 1 aromatic carbocycles. The number of hydrogen-bond acceptors (Lipinski definition) is 3. The molecule has 2 rings (SSSR count). The Morgan fingerprint density at radius 3 is 2.85 bits per heavy atom. The molecule has 106 valence electrons. The molecule has 0 radical (unpaired) electrons. The minimum Gasteiger partial charge on any atom is -0.370 e. The maximum atomic E-state index is 13.6. The Balaban J connectivity index is 2.19. The molecule has 1 aromatic heterocycles. The molecule has 3 nitrogen and oxygen atoms in total. The molecular formula is C15H17BrFN3. The summed E-state index contributed by atoms with van der Waals surface area (Å²) in [5, 5.41) is 6.44. The second-order valence-corrected chi connectivity index (χ2v) is 5.42. The van der Waals surface area contributed by atoms with Crippen molar-refractivity contribution in [2.24, 2.45) is 0 Å². The fourth-order valence-corrected chi connectivity index (χ4v) is 2.25. The van der Waals surface area contributed by atoms with Crippen LogP contribution in [0.4, 0.5) is 21.6 Å². The highest BCUT2D eigenvalue weighted by Crippen LogP contribution is 2.27. The fraction of sp³-hybridized carbons (Fsp3) is 0.267. The van der Waals surface area contributed by atoms with Crippen LogP contribution in [-0.4, -0.2) is 11.5 Å². The summed E-state index contributed by atoms with van der Waals surface area (Å²) in [5.41, 5.74) is 2.60. The predicted molar refractivity (Wildman–Crippen MR) is 85.1 cm³/mol. The summed E-state index contributed by atoms with van der Waals surface area (Å²) in [5.74, 6) is 0.531. The number of nitrogens with one attached hydrogen (secondary N) is 2. The number of aromatic nitrogens is 1. The lowest BCUT2D eigenvalue weighted by Crippen LogP contribution is -2.02. The van der Waals surface area contributed by atoms with Gasteiger partial charge in [-0.25, -0.2) is 9.37 Å². The Kier molecular flexibility index (Phi) is 4.95. The van der Waals surface area contributed by atoms with Gasteiger partial charge >= 0.3 is 0 Å². The molecule has 0 bridgehead atoms. The highest BCUT2D eigenvalue weighted by molar-refractivity contribution is 9.10. The number of anilines is 3. The van der Waals surface area contributed by atoms with Crippen molar-refractivity contribution in [3.8, 4) is 0 Å². The minimum atomic E-state index is -0.281. The highest BCUT2D eigenvalue weighted by atomic mass is 79.9. The standard InChI is InChI=1S/C15H17BrFN3/c1-3-5-18-15-8-11(4-6-19-15)20-14-9-13(17)12(16)7-10(14)2/h4,6-9H,3,5H2,1-2H3,(H2,18,19,20). The van der Waals surface area contributed by atoms with E-state index in [0.29, 0.717) is 4.47 Å². The van der Waals surface area contributed by atoms with E-state index in [0.717, 1.165) is 35.7 Å². The van der Waals surface area contributed by atoms with Crippen molar-refractivity contribution in [3.05, 3.63) is 46.3 Å². The lowest BCUT2D eigenvalue weighted by atomic mass is 10.2. The zero-order valence-electron chi connectivity index (χ0n) is 11.5. The van der Waals surface area contributed by atoms with E-state index in [1.54, 1.807) is 12.3 Å². The van der Waals surface area contributed by atoms with E-state index in [-0.39, 0.29) is 5.82 Å². The average molecular weight is 338 g/mol. The van der Waals surface area contributed by atoms with Crippen molar-refractivity contribution >= 4 is 33.1 Å². The van der Waals surface area contributed by atoms with Crippen molar-refractivity contribution in [3.63, 3.8) is 0 Å². The van der Waals surface area contributed by atoms with E-state index in [4.69, 9.17) is 0 Å². The van der Waals surface area contributed by atoms with Crippen LogP contribution in [0.15, 0.2) is 34.9 Å². The van der Waals surface area contributed by atoms with Crippen LogP contribution in [0.5, 0.6) is 0 Å². The van der Waals surface area contributed by atoms with Crippen LogP contribution in [0.2, 0.25) is 0 Å². The van der Waals surface area contributed by atoms with Crippen LogP contribution in [0, 0.1) is 12.7 Å². The molecule has 0 saturated carbocycles. The summed E-state index contributed by atoms with van der Waals surface area (Å²) in [6.45, 7) is 4.91. The molecule has 0 fully saturated rings. The largest absolute Gasteiger partial charge is 0.370 e. The molecule has 0 unspecified atom stereocenters. The Labute approximate surface area is 126 Å². The molecule has 20 heavy (non-hydrogen) atoms. The van der Waals surface area contributed by atoms with Crippen molar-refractivity contribution in [2.75, 3.05) is 17.2 Å². The Hall–Kier alpha value is -1.62. The van der Waals surface area contributed by atoms with E-state index in [2.05, 4.69) is 38.5 Å². The molecule has 0 aliphatic carbocycles. The monoisotopic (exact) mass is 337 g/mol. The summed E-state index contributed by atoms with van der Waals surface area (Å²) >= 11 is 3.18. The first-order valence-corrected chi connectivity index (χ1v) is 7.32. The van der Waals surface area contributed by atoms with Gasteiger partial charge in [-0.05, 0) is 53.0 Å². The molecule has 0 atom stereocenters. The lowest BCUT2D eigenvalue weighted by Gasteiger charge is -2.12. The van der Waals surface area contributed by atoms with Crippen LogP contribution in [0.1, 0.15) is 18.9 Å². The van der Waals surface area contributed by atoms with Gasteiger partial charge in [-0.2, -0.15) is 0 Å². The molecule has 5 heteroatoms. The van der Waals surface area contributed by atoms with E-state index < -0.39 is 0 Å². The normalized spacial score (nSPS) is 10.4. The number of hydrogen-bond donors (Lipinski definition) is 2. The molecule has 2 aromatic rings. The van der Waals surface area contributed by atoms with Gasteiger partial charge in [-0.1, -0.05) is 6.92 Å². The zero-order valence-corrected chi connectivity index (χ0v) is 13.1. The maximum absolute atomic E-state index is 13.6. The SMILES string of the molecule is CCCNc1cc(Nc2cc(F)c(Br)cc2C)ccn1. The topological polar surface area (TPSA) is 37.0 Å². The molecule has 0 amide bonds. The molecule has 0 saturated heterocycles. The first kappa shape index (κ1) is 14.8. The van der Waals surface area contributed by atoms with Crippen molar-refractivity contribution in [2.45, 2.75) is 20.3 Å². The average Bonchev–Trinajstić information content (AvgIpc) is 2.43. The molecule has 2 N–H and O–H groups in total. The molecule has 0 spiro atoms. The number of benzene rings is 1. The molecular weight excluding hydrogens is 321 g/mol. The zero-order chi connectivity index (χ0) is 14.5. The van der Waals surface area contributed by atoms with Gasteiger partial charge in [0.2, 0.25) is 0 Å². The maximum Gasteiger partial charge on any atom is 0.139 e. The van der Waals surface area contributed by atoms with Crippen LogP contribution in [-0.2, 0) is 0 Å². The summed E-state index contributed by atoms with van der Waals surface area (Å²) < 4.78 is 14.1. The van der Waals surface area contributed by atoms with Crippen LogP contribution in [0.25, 0.3) is 0 Å². The Bertz CT molecular complexity index is 602. The third-order valence-electron chi connectivity index (χ3n) is 2.86. The van der Waals surface area contributed by atoms with Crippen molar-refractivity contribution in [1.29, 1.82) is 0 Å². The Morgan fingerprint density at radius 2 is 2.10 bits per heavy atom. The number of halogens is 2.